The summed E-state index contributed by atoms with van der Waals surface area (Å²) >= 11 is 0. The molecule has 2 heteroatoms. The van der Waals surface area contributed by atoms with Crippen molar-refractivity contribution >= 4 is 5.78 Å². The summed E-state index contributed by atoms with van der Waals surface area (Å²) in [5.74, 6) is 1.04. The van der Waals surface area contributed by atoms with Gasteiger partial charge in [-0.05, 0) is 30.0 Å². The summed E-state index contributed by atoms with van der Waals surface area (Å²) in [6, 6.07) is 6.19. The number of Topliss-reactive ketones (excluding diaryl/α,β-unsaturated/α-hetero) is 1. The first-order chi connectivity index (χ1) is 8.34. The molecule has 2 nitrogen and oxygen atoms in total. The van der Waals surface area contributed by atoms with Gasteiger partial charge >= 0.3 is 0 Å². The first-order valence-electron chi connectivity index (χ1n) is 6.69. The van der Waals surface area contributed by atoms with E-state index in [0.717, 1.165) is 31.5 Å². The minimum absolute atomic E-state index is 0.369. The number of fused-ring (bicyclic) bond motifs is 1. The predicted molar refractivity (Wildman–Crippen MR) is 68.1 cm³/mol. The summed E-state index contributed by atoms with van der Waals surface area (Å²) in [4.78, 5) is 12.3. The summed E-state index contributed by atoms with van der Waals surface area (Å²) in [6.45, 7) is 1.92. The highest BCUT2D eigenvalue weighted by atomic mass is 16.1. The third-order valence-electron chi connectivity index (χ3n) is 4.14. The first kappa shape index (κ1) is 11.0. The molecule has 2 aliphatic rings. The third-order valence-corrected chi connectivity index (χ3v) is 4.14. The number of carbonyl (C=O) groups excluding carboxylic acids is 1. The Kier molecular flexibility index (Phi) is 2.98. The Balaban J connectivity index is 1.83. The van der Waals surface area contributed by atoms with Crippen LogP contribution in [0, 0.1) is 5.92 Å². The van der Waals surface area contributed by atoms with E-state index in [0.29, 0.717) is 11.7 Å². The molecule has 1 fully saturated rings. The summed E-state index contributed by atoms with van der Waals surface area (Å²) in [5.41, 5.74) is 3.61. The molecule has 3 rings (SSSR count). The van der Waals surface area contributed by atoms with E-state index in [1.807, 2.05) is 12.1 Å². The summed E-state index contributed by atoms with van der Waals surface area (Å²) in [5, 5.41) is 3.36. The van der Waals surface area contributed by atoms with Crippen LogP contribution in [-0.2, 0) is 13.0 Å². The number of rotatable bonds is 3. The van der Waals surface area contributed by atoms with E-state index < -0.39 is 0 Å². The fourth-order valence-corrected chi connectivity index (χ4v) is 2.86. The minimum Gasteiger partial charge on any atom is -0.312 e. The molecule has 0 atom stereocenters. The number of hydrogen-bond donors (Lipinski definition) is 1. The van der Waals surface area contributed by atoms with E-state index in [1.165, 1.54) is 30.4 Å². The smallest absolute Gasteiger partial charge is 0.163 e. The lowest BCUT2D eigenvalue weighted by molar-refractivity contribution is 0.0935. The van der Waals surface area contributed by atoms with Gasteiger partial charge in [0, 0.05) is 18.5 Å². The number of benzene rings is 1. The van der Waals surface area contributed by atoms with Gasteiger partial charge in [-0.15, -0.1) is 0 Å². The molecule has 1 N–H and O–H groups in total. The normalized spacial score (nSPS) is 19.5. The van der Waals surface area contributed by atoms with Crippen molar-refractivity contribution in [3.05, 3.63) is 34.9 Å². The van der Waals surface area contributed by atoms with Gasteiger partial charge in [0.1, 0.15) is 0 Å². The van der Waals surface area contributed by atoms with Crippen LogP contribution in [0.2, 0.25) is 0 Å². The van der Waals surface area contributed by atoms with Crippen molar-refractivity contribution in [1.29, 1.82) is 0 Å². The largest absolute Gasteiger partial charge is 0.312 e. The van der Waals surface area contributed by atoms with Crippen LogP contribution in [0.4, 0.5) is 0 Å². The quantitative estimate of drug-likeness (QED) is 0.807. The van der Waals surface area contributed by atoms with Crippen molar-refractivity contribution in [3.63, 3.8) is 0 Å². The lowest BCUT2D eigenvalue weighted by atomic mass is 9.80. The van der Waals surface area contributed by atoms with Gasteiger partial charge in [0.25, 0.3) is 0 Å². The maximum Gasteiger partial charge on any atom is 0.163 e. The molecule has 0 unspecified atom stereocenters. The van der Waals surface area contributed by atoms with Crippen LogP contribution in [-0.4, -0.2) is 12.3 Å². The van der Waals surface area contributed by atoms with E-state index in [2.05, 4.69) is 11.4 Å². The summed E-state index contributed by atoms with van der Waals surface area (Å²) < 4.78 is 0. The van der Waals surface area contributed by atoms with Crippen LogP contribution in [0.5, 0.6) is 0 Å². The molecule has 0 radical (unpaired) electrons. The van der Waals surface area contributed by atoms with Crippen LogP contribution in [0.3, 0.4) is 0 Å². The van der Waals surface area contributed by atoms with Crippen LogP contribution in [0.25, 0.3) is 0 Å². The summed E-state index contributed by atoms with van der Waals surface area (Å²) in [7, 11) is 0. The molecule has 0 amide bonds. The van der Waals surface area contributed by atoms with Crippen molar-refractivity contribution in [3.8, 4) is 0 Å². The molecule has 0 saturated heterocycles. The topological polar surface area (TPSA) is 29.1 Å². The predicted octanol–water partition coefficient (Wildman–Crippen LogP) is 2.71. The molecular weight excluding hydrogens is 210 g/mol. The van der Waals surface area contributed by atoms with Gasteiger partial charge in [0.15, 0.2) is 5.78 Å². The Morgan fingerprint density at radius 3 is 3.00 bits per heavy atom. The number of ketones is 1. The number of carbonyl (C=O) groups is 1. The van der Waals surface area contributed by atoms with Crippen molar-refractivity contribution in [2.75, 3.05) is 6.54 Å². The highest BCUT2D eigenvalue weighted by Gasteiger charge is 2.23. The van der Waals surface area contributed by atoms with Gasteiger partial charge in [-0.25, -0.2) is 0 Å². The fraction of sp³-hybridized carbons (Fsp3) is 0.533. The van der Waals surface area contributed by atoms with Crippen molar-refractivity contribution in [2.45, 2.75) is 38.6 Å². The van der Waals surface area contributed by atoms with E-state index in [4.69, 9.17) is 0 Å². The standard InChI is InChI=1S/C15H19NO/c17-15(9-11-3-1-4-11)14-6-2-5-12-10-16-8-7-13(12)14/h2,5-6,11,16H,1,3-4,7-10H2. The lowest BCUT2D eigenvalue weighted by Crippen LogP contribution is -2.26. The zero-order valence-corrected chi connectivity index (χ0v) is 10.2. The van der Waals surface area contributed by atoms with Gasteiger partial charge in [0.05, 0.1) is 0 Å². The number of nitrogens with one attached hydrogen (secondary N) is 1. The van der Waals surface area contributed by atoms with Crippen LogP contribution < -0.4 is 5.32 Å². The van der Waals surface area contributed by atoms with Gasteiger partial charge in [-0.3, -0.25) is 4.79 Å². The Bertz CT molecular complexity index is 435. The fourth-order valence-electron chi connectivity index (χ4n) is 2.86. The second-order valence-corrected chi connectivity index (χ2v) is 5.29. The molecule has 1 heterocycles. The zero-order chi connectivity index (χ0) is 11.7. The average molecular weight is 229 g/mol. The highest BCUT2D eigenvalue weighted by molar-refractivity contribution is 5.98. The third kappa shape index (κ3) is 2.14. The molecule has 90 valence electrons. The molecule has 0 aromatic heterocycles. The first-order valence-corrected chi connectivity index (χ1v) is 6.69. The van der Waals surface area contributed by atoms with Gasteiger partial charge in [-0.2, -0.15) is 0 Å². The van der Waals surface area contributed by atoms with Gasteiger partial charge < -0.3 is 5.32 Å². The van der Waals surface area contributed by atoms with Gasteiger partial charge in [0.2, 0.25) is 0 Å². The van der Waals surface area contributed by atoms with Gasteiger partial charge in [-0.1, -0.05) is 37.5 Å². The maximum absolute atomic E-state index is 12.3. The Labute approximate surface area is 102 Å². The SMILES string of the molecule is O=C(CC1CCC1)c1cccc2c1CCNC2. The monoisotopic (exact) mass is 229 g/mol. The highest BCUT2D eigenvalue weighted by Crippen LogP contribution is 2.31. The molecule has 1 aliphatic heterocycles. The van der Waals surface area contributed by atoms with E-state index >= 15 is 0 Å². The van der Waals surface area contributed by atoms with Crippen LogP contribution in [0.15, 0.2) is 18.2 Å². The lowest BCUT2D eigenvalue weighted by Gasteiger charge is -2.25. The molecule has 0 spiro atoms. The Hall–Kier alpha value is -1.15. The average Bonchev–Trinajstić information content (AvgIpc) is 2.33. The van der Waals surface area contributed by atoms with Crippen LogP contribution >= 0.6 is 0 Å². The molecule has 1 aromatic rings. The van der Waals surface area contributed by atoms with Crippen molar-refractivity contribution < 1.29 is 4.79 Å². The summed E-state index contributed by atoms with van der Waals surface area (Å²) in [6.07, 6.45) is 5.59. The van der Waals surface area contributed by atoms with E-state index in [9.17, 15) is 4.79 Å². The Morgan fingerprint density at radius 2 is 2.24 bits per heavy atom. The second-order valence-electron chi connectivity index (χ2n) is 5.29. The molecular formula is C15H19NO. The zero-order valence-electron chi connectivity index (χ0n) is 10.2. The molecule has 1 aliphatic carbocycles. The number of hydrogen-bond acceptors (Lipinski definition) is 2. The van der Waals surface area contributed by atoms with Crippen molar-refractivity contribution in [1.82, 2.24) is 5.32 Å². The molecule has 1 saturated carbocycles. The maximum atomic E-state index is 12.3. The Morgan fingerprint density at radius 1 is 1.35 bits per heavy atom. The van der Waals surface area contributed by atoms with Crippen LogP contribution in [0.1, 0.15) is 47.2 Å². The van der Waals surface area contributed by atoms with Crippen molar-refractivity contribution in [2.24, 2.45) is 5.92 Å². The molecule has 1 aromatic carbocycles. The second kappa shape index (κ2) is 4.61. The van der Waals surface area contributed by atoms with E-state index in [-0.39, 0.29) is 0 Å². The van der Waals surface area contributed by atoms with E-state index in [1.54, 1.807) is 0 Å². The molecule has 0 bridgehead atoms. The minimum atomic E-state index is 0.369. The molecule has 17 heavy (non-hydrogen) atoms.